The van der Waals surface area contributed by atoms with Crippen LogP contribution in [-0.2, 0) is 4.79 Å². The van der Waals surface area contributed by atoms with Crippen LogP contribution in [0.4, 0.5) is 5.13 Å². The van der Waals surface area contributed by atoms with Gasteiger partial charge in [0, 0.05) is 22.9 Å². The molecule has 0 aliphatic heterocycles. The van der Waals surface area contributed by atoms with Crippen LogP contribution in [0, 0.1) is 0 Å². The molecule has 2 aromatic rings. The second-order valence-corrected chi connectivity index (χ2v) is 7.12. The van der Waals surface area contributed by atoms with Crippen LogP contribution >= 0.6 is 50.5 Å². The lowest BCUT2D eigenvalue weighted by molar-refractivity contribution is -0.116. The van der Waals surface area contributed by atoms with E-state index < -0.39 is 0 Å². The SMILES string of the molecule is O=C(CCCCl)Nc1nc(-c2ccc(Cl)cc2)c(Br)s1. The van der Waals surface area contributed by atoms with E-state index in [4.69, 9.17) is 23.2 Å². The highest BCUT2D eigenvalue weighted by molar-refractivity contribution is 9.11. The third-order valence-electron chi connectivity index (χ3n) is 2.49. The minimum Gasteiger partial charge on any atom is -0.302 e. The molecular weight excluding hydrogens is 383 g/mol. The van der Waals surface area contributed by atoms with Gasteiger partial charge in [-0.2, -0.15) is 0 Å². The Bertz CT molecular complexity index is 601. The van der Waals surface area contributed by atoms with E-state index in [-0.39, 0.29) is 5.91 Å². The zero-order chi connectivity index (χ0) is 14.5. The van der Waals surface area contributed by atoms with E-state index in [9.17, 15) is 4.79 Å². The molecule has 0 aliphatic carbocycles. The highest BCUT2D eigenvalue weighted by atomic mass is 79.9. The van der Waals surface area contributed by atoms with Crippen LogP contribution in [0.5, 0.6) is 0 Å². The Morgan fingerprint density at radius 3 is 2.70 bits per heavy atom. The summed E-state index contributed by atoms with van der Waals surface area (Å²) in [7, 11) is 0. The molecule has 0 fully saturated rings. The first-order valence-electron chi connectivity index (χ1n) is 5.88. The van der Waals surface area contributed by atoms with Crippen molar-refractivity contribution < 1.29 is 4.79 Å². The molecule has 0 atom stereocenters. The van der Waals surface area contributed by atoms with Crippen molar-refractivity contribution >= 4 is 61.5 Å². The van der Waals surface area contributed by atoms with Crippen molar-refractivity contribution in [3.05, 3.63) is 33.1 Å². The van der Waals surface area contributed by atoms with Crippen molar-refractivity contribution in [2.75, 3.05) is 11.2 Å². The Morgan fingerprint density at radius 2 is 2.05 bits per heavy atom. The van der Waals surface area contributed by atoms with Crippen LogP contribution in [0.25, 0.3) is 11.3 Å². The van der Waals surface area contributed by atoms with Crippen LogP contribution in [0.1, 0.15) is 12.8 Å². The first kappa shape index (κ1) is 15.8. The van der Waals surface area contributed by atoms with E-state index in [1.54, 1.807) is 12.1 Å². The lowest BCUT2D eigenvalue weighted by Crippen LogP contribution is -2.10. The highest BCUT2D eigenvalue weighted by Gasteiger charge is 2.12. The summed E-state index contributed by atoms with van der Waals surface area (Å²) in [5.74, 6) is 0.403. The molecule has 0 saturated heterocycles. The molecule has 1 amide bonds. The molecule has 0 saturated carbocycles. The molecule has 0 bridgehead atoms. The Labute approximate surface area is 139 Å². The minimum atomic E-state index is -0.0745. The third kappa shape index (κ3) is 4.19. The molecule has 0 radical (unpaired) electrons. The number of rotatable bonds is 5. The molecular formula is C13H11BrCl2N2OS. The van der Waals surface area contributed by atoms with Crippen LogP contribution in [0.15, 0.2) is 28.1 Å². The topological polar surface area (TPSA) is 42.0 Å². The molecule has 2 rings (SSSR count). The summed E-state index contributed by atoms with van der Waals surface area (Å²) < 4.78 is 0.868. The predicted molar refractivity (Wildman–Crippen MR) is 88.8 cm³/mol. The van der Waals surface area contributed by atoms with Gasteiger partial charge in [-0.05, 0) is 34.5 Å². The lowest BCUT2D eigenvalue weighted by Gasteiger charge is -1.99. The Balaban J connectivity index is 2.13. The number of aromatic nitrogens is 1. The molecule has 0 spiro atoms. The van der Waals surface area contributed by atoms with Crippen LogP contribution in [0.2, 0.25) is 5.02 Å². The van der Waals surface area contributed by atoms with E-state index in [0.29, 0.717) is 28.9 Å². The monoisotopic (exact) mass is 392 g/mol. The number of amides is 1. The molecule has 106 valence electrons. The van der Waals surface area contributed by atoms with Gasteiger partial charge in [0.2, 0.25) is 5.91 Å². The molecule has 0 aliphatic rings. The van der Waals surface area contributed by atoms with Crippen LogP contribution in [-0.4, -0.2) is 16.8 Å². The lowest BCUT2D eigenvalue weighted by atomic mass is 10.2. The van der Waals surface area contributed by atoms with Crippen molar-refractivity contribution in [3.8, 4) is 11.3 Å². The normalized spacial score (nSPS) is 10.6. The molecule has 1 aromatic carbocycles. The van der Waals surface area contributed by atoms with Gasteiger partial charge in [-0.25, -0.2) is 4.98 Å². The zero-order valence-corrected chi connectivity index (χ0v) is 14.2. The quantitative estimate of drug-likeness (QED) is 0.710. The molecule has 20 heavy (non-hydrogen) atoms. The fourth-order valence-corrected chi connectivity index (χ4v) is 3.32. The van der Waals surface area contributed by atoms with Gasteiger partial charge in [-0.1, -0.05) is 35.1 Å². The number of hydrogen-bond acceptors (Lipinski definition) is 3. The fraction of sp³-hybridized carbons (Fsp3) is 0.231. The Hall–Kier alpha value is -0.620. The highest BCUT2D eigenvalue weighted by Crippen LogP contribution is 2.35. The molecule has 7 heteroatoms. The van der Waals surface area contributed by atoms with Crippen molar-refractivity contribution in [1.82, 2.24) is 4.98 Å². The molecule has 0 unspecified atom stereocenters. The number of nitrogens with zero attached hydrogens (tertiary/aromatic N) is 1. The van der Waals surface area contributed by atoms with E-state index in [2.05, 4.69) is 26.2 Å². The fourth-order valence-electron chi connectivity index (χ4n) is 1.55. The van der Waals surface area contributed by atoms with Crippen LogP contribution in [0.3, 0.4) is 0 Å². The average Bonchev–Trinajstić information content (AvgIpc) is 2.78. The number of carbonyl (C=O) groups excluding carboxylic acids is 1. The number of alkyl halides is 1. The maximum atomic E-state index is 11.6. The summed E-state index contributed by atoms with van der Waals surface area (Å²) in [4.78, 5) is 16.1. The smallest absolute Gasteiger partial charge is 0.226 e. The van der Waals surface area contributed by atoms with Gasteiger partial charge in [0.05, 0.1) is 9.48 Å². The van der Waals surface area contributed by atoms with Crippen molar-refractivity contribution in [2.45, 2.75) is 12.8 Å². The number of nitrogens with one attached hydrogen (secondary N) is 1. The molecule has 1 heterocycles. The second-order valence-electron chi connectivity index (χ2n) is 3.99. The van der Waals surface area contributed by atoms with E-state index in [1.807, 2.05) is 12.1 Å². The largest absolute Gasteiger partial charge is 0.302 e. The summed E-state index contributed by atoms with van der Waals surface area (Å²) in [5.41, 5.74) is 1.73. The maximum absolute atomic E-state index is 11.6. The predicted octanol–water partition coefficient (Wildman–Crippen LogP) is 5.18. The maximum Gasteiger partial charge on any atom is 0.226 e. The van der Waals surface area contributed by atoms with Crippen molar-refractivity contribution in [3.63, 3.8) is 0 Å². The molecule has 1 aromatic heterocycles. The van der Waals surface area contributed by atoms with Gasteiger partial charge in [0.1, 0.15) is 0 Å². The first-order valence-corrected chi connectivity index (χ1v) is 8.40. The Morgan fingerprint density at radius 1 is 1.35 bits per heavy atom. The number of anilines is 1. The van der Waals surface area contributed by atoms with Gasteiger partial charge >= 0.3 is 0 Å². The standard InChI is InChI=1S/C13H11BrCl2N2OS/c14-12-11(8-3-5-9(16)6-4-8)18-13(20-12)17-10(19)2-1-7-15/h3-6H,1-2,7H2,(H,17,18,19). The number of benzene rings is 1. The van der Waals surface area contributed by atoms with Crippen molar-refractivity contribution in [1.29, 1.82) is 0 Å². The van der Waals surface area contributed by atoms with Gasteiger partial charge < -0.3 is 5.32 Å². The van der Waals surface area contributed by atoms with E-state index in [0.717, 1.165) is 15.0 Å². The second kappa shape index (κ2) is 7.41. The average molecular weight is 394 g/mol. The van der Waals surface area contributed by atoms with Gasteiger partial charge in [0.15, 0.2) is 5.13 Å². The summed E-state index contributed by atoms with van der Waals surface area (Å²) in [6.07, 6.45) is 1.06. The van der Waals surface area contributed by atoms with E-state index >= 15 is 0 Å². The summed E-state index contributed by atoms with van der Waals surface area (Å²) in [6.45, 7) is 0. The minimum absolute atomic E-state index is 0.0745. The summed E-state index contributed by atoms with van der Waals surface area (Å²) in [6, 6.07) is 7.39. The number of carbonyl (C=O) groups is 1. The number of halogens is 3. The summed E-state index contributed by atoms with van der Waals surface area (Å²) in [5, 5.41) is 4.02. The molecule has 1 N–H and O–H groups in total. The number of thiazole rings is 1. The number of hydrogen-bond donors (Lipinski definition) is 1. The van der Waals surface area contributed by atoms with Crippen molar-refractivity contribution in [2.24, 2.45) is 0 Å². The van der Waals surface area contributed by atoms with Gasteiger partial charge in [0.25, 0.3) is 0 Å². The van der Waals surface area contributed by atoms with E-state index in [1.165, 1.54) is 11.3 Å². The Kier molecular flexibility index (Phi) is 5.84. The third-order valence-corrected chi connectivity index (χ3v) is 4.63. The van der Waals surface area contributed by atoms with Gasteiger partial charge in [-0.3, -0.25) is 4.79 Å². The first-order chi connectivity index (χ1) is 9.60. The zero-order valence-electron chi connectivity index (χ0n) is 10.3. The van der Waals surface area contributed by atoms with Gasteiger partial charge in [-0.15, -0.1) is 11.6 Å². The molecule has 3 nitrogen and oxygen atoms in total. The van der Waals surface area contributed by atoms with Crippen LogP contribution < -0.4 is 5.32 Å². The summed E-state index contributed by atoms with van der Waals surface area (Å²) >= 11 is 16.3.